The summed E-state index contributed by atoms with van der Waals surface area (Å²) >= 11 is 0. The van der Waals surface area contributed by atoms with Crippen molar-refractivity contribution in [3.63, 3.8) is 0 Å². The number of fused-ring (bicyclic) bond motifs is 1. The van der Waals surface area contributed by atoms with Crippen LogP contribution in [0, 0.1) is 6.92 Å². The molecule has 1 aromatic heterocycles. The van der Waals surface area contributed by atoms with Crippen molar-refractivity contribution in [1.29, 1.82) is 0 Å². The molecule has 0 unspecified atom stereocenters. The summed E-state index contributed by atoms with van der Waals surface area (Å²) in [4.78, 5) is 16.9. The molecule has 114 valence electrons. The van der Waals surface area contributed by atoms with Crippen LogP contribution in [0.25, 0.3) is 0 Å². The van der Waals surface area contributed by atoms with Crippen molar-refractivity contribution in [3.8, 4) is 0 Å². The van der Waals surface area contributed by atoms with Gasteiger partial charge in [-0.1, -0.05) is 25.1 Å². The second-order valence-corrected chi connectivity index (χ2v) is 5.36. The molecule has 0 radical (unpaired) electrons. The van der Waals surface area contributed by atoms with Gasteiger partial charge in [-0.15, -0.1) is 0 Å². The van der Waals surface area contributed by atoms with Crippen LogP contribution < -0.4 is 10.6 Å². The highest BCUT2D eigenvalue weighted by Gasteiger charge is 2.23. The fraction of sp³-hybridized carbons (Fsp3) is 0.312. The van der Waals surface area contributed by atoms with Gasteiger partial charge in [-0.05, 0) is 25.5 Å². The first kappa shape index (κ1) is 14.3. The summed E-state index contributed by atoms with van der Waals surface area (Å²) in [5.74, 6) is 1.36. The van der Waals surface area contributed by atoms with E-state index in [1.165, 1.54) is 0 Å². The van der Waals surface area contributed by atoms with E-state index in [0.717, 1.165) is 29.2 Å². The Morgan fingerprint density at radius 3 is 2.86 bits per heavy atom. The van der Waals surface area contributed by atoms with Crippen molar-refractivity contribution >= 4 is 17.5 Å². The second kappa shape index (κ2) is 5.63. The molecule has 0 saturated heterocycles. The van der Waals surface area contributed by atoms with Gasteiger partial charge in [-0.3, -0.25) is 4.79 Å². The van der Waals surface area contributed by atoms with Gasteiger partial charge in [0.2, 0.25) is 5.95 Å². The first-order chi connectivity index (χ1) is 10.6. The monoisotopic (exact) mass is 297 g/mol. The highest BCUT2D eigenvalue weighted by atomic mass is 16.1. The first-order valence-electron chi connectivity index (χ1n) is 7.36. The molecular formula is C16H19N5O. The lowest BCUT2D eigenvalue weighted by molar-refractivity contribution is -0.113. The van der Waals surface area contributed by atoms with Crippen LogP contribution >= 0.6 is 0 Å². The van der Waals surface area contributed by atoms with E-state index >= 15 is 0 Å². The van der Waals surface area contributed by atoms with Crippen molar-refractivity contribution in [2.45, 2.75) is 33.7 Å². The largest absolute Gasteiger partial charge is 0.328 e. The molecule has 6 nitrogen and oxygen atoms in total. The number of allylic oxidation sites excluding steroid dienone is 1. The molecule has 0 saturated carbocycles. The minimum atomic E-state index is -0.113. The Morgan fingerprint density at radius 1 is 1.36 bits per heavy atom. The zero-order valence-corrected chi connectivity index (χ0v) is 13.0. The van der Waals surface area contributed by atoms with Gasteiger partial charge in [0.15, 0.2) is 5.82 Å². The normalized spacial score (nSPS) is 13.6. The van der Waals surface area contributed by atoms with E-state index in [1.807, 2.05) is 45.0 Å². The van der Waals surface area contributed by atoms with Gasteiger partial charge in [0, 0.05) is 17.8 Å². The molecule has 0 aliphatic carbocycles. The SMILES string of the molecule is CCc1nc2n(n1)CC(C(=O)Nc1ccccc1C)=C(C)N2. The maximum atomic E-state index is 12.5. The number of aromatic nitrogens is 3. The molecule has 1 aliphatic rings. The molecule has 0 atom stereocenters. The molecule has 0 fully saturated rings. The van der Waals surface area contributed by atoms with Gasteiger partial charge in [-0.25, -0.2) is 4.68 Å². The van der Waals surface area contributed by atoms with Crippen LogP contribution in [-0.2, 0) is 17.8 Å². The number of nitrogens with zero attached hydrogens (tertiary/aromatic N) is 3. The van der Waals surface area contributed by atoms with Gasteiger partial charge in [0.05, 0.1) is 12.1 Å². The van der Waals surface area contributed by atoms with Gasteiger partial charge in [-0.2, -0.15) is 10.1 Å². The van der Waals surface area contributed by atoms with E-state index in [2.05, 4.69) is 20.7 Å². The second-order valence-electron chi connectivity index (χ2n) is 5.36. The Hall–Kier alpha value is -2.63. The number of carbonyl (C=O) groups excluding carboxylic acids is 1. The van der Waals surface area contributed by atoms with Gasteiger partial charge in [0.1, 0.15) is 0 Å². The van der Waals surface area contributed by atoms with Crippen LogP contribution in [0.2, 0.25) is 0 Å². The summed E-state index contributed by atoms with van der Waals surface area (Å²) in [7, 11) is 0. The molecule has 1 aliphatic heterocycles. The lowest BCUT2D eigenvalue weighted by Gasteiger charge is -2.20. The zero-order valence-electron chi connectivity index (χ0n) is 13.0. The summed E-state index contributed by atoms with van der Waals surface area (Å²) in [6.07, 6.45) is 0.769. The zero-order chi connectivity index (χ0) is 15.7. The summed E-state index contributed by atoms with van der Waals surface area (Å²) in [5, 5.41) is 10.5. The van der Waals surface area contributed by atoms with E-state index in [4.69, 9.17) is 0 Å². The average molecular weight is 297 g/mol. The lowest BCUT2D eigenvalue weighted by Crippen LogP contribution is -2.26. The fourth-order valence-electron chi connectivity index (χ4n) is 2.41. The van der Waals surface area contributed by atoms with Crippen LogP contribution in [-0.4, -0.2) is 20.7 Å². The summed E-state index contributed by atoms with van der Waals surface area (Å²) < 4.78 is 1.73. The average Bonchev–Trinajstić information content (AvgIpc) is 2.90. The molecular weight excluding hydrogens is 278 g/mol. The number of nitrogens with one attached hydrogen (secondary N) is 2. The van der Waals surface area contributed by atoms with Crippen LogP contribution in [0.5, 0.6) is 0 Å². The highest BCUT2D eigenvalue weighted by Crippen LogP contribution is 2.22. The number of rotatable bonds is 3. The van der Waals surface area contributed by atoms with Gasteiger partial charge in [0.25, 0.3) is 5.91 Å². The van der Waals surface area contributed by atoms with Crippen molar-refractivity contribution in [2.24, 2.45) is 0 Å². The number of hydrogen-bond donors (Lipinski definition) is 2. The van der Waals surface area contributed by atoms with E-state index in [0.29, 0.717) is 18.1 Å². The van der Waals surface area contributed by atoms with Gasteiger partial charge >= 0.3 is 0 Å². The Labute approximate surface area is 129 Å². The van der Waals surface area contributed by atoms with Crippen LogP contribution in [0.1, 0.15) is 25.2 Å². The molecule has 0 bridgehead atoms. The number of amides is 1. The number of carbonyl (C=O) groups is 1. The minimum absolute atomic E-state index is 0.113. The van der Waals surface area contributed by atoms with Crippen molar-refractivity contribution < 1.29 is 4.79 Å². The molecule has 2 heterocycles. The number of anilines is 2. The minimum Gasteiger partial charge on any atom is -0.328 e. The third-order valence-electron chi connectivity index (χ3n) is 3.76. The number of aryl methyl sites for hydroxylation is 2. The molecule has 22 heavy (non-hydrogen) atoms. The van der Waals surface area contributed by atoms with Crippen molar-refractivity contribution in [3.05, 3.63) is 46.9 Å². The summed E-state index contributed by atoms with van der Waals surface area (Å²) in [6.45, 7) is 6.29. The maximum Gasteiger partial charge on any atom is 0.255 e. The third kappa shape index (κ3) is 2.59. The predicted molar refractivity (Wildman–Crippen MR) is 85.5 cm³/mol. The lowest BCUT2D eigenvalue weighted by atomic mass is 10.1. The first-order valence-corrected chi connectivity index (χ1v) is 7.36. The van der Waals surface area contributed by atoms with E-state index in [9.17, 15) is 4.79 Å². The van der Waals surface area contributed by atoms with Crippen LogP contribution in [0.3, 0.4) is 0 Å². The Morgan fingerprint density at radius 2 is 2.14 bits per heavy atom. The van der Waals surface area contributed by atoms with Crippen LogP contribution in [0.15, 0.2) is 35.5 Å². The highest BCUT2D eigenvalue weighted by molar-refractivity contribution is 6.05. The van der Waals surface area contributed by atoms with Crippen molar-refractivity contribution in [1.82, 2.24) is 14.8 Å². The molecule has 1 aromatic carbocycles. The molecule has 3 rings (SSSR count). The maximum absolute atomic E-state index is 12.5. The number of hydrogen-bond acceptors (Lipinski definition) is 4. The number of para-hydroxylation sites is 1. The standard InChI is InChI=1S/C16H19N5O/c1-4-14-19-16-17-11(3)12(9-21(16)20-14)15(22)18-13-8-6-5-7-10(13)2/h5-8H,4,9H2,1-3H3,(H,18,22)(H,17,19,20). The molecule has 0 spiro atoms. The van der Waals surface area contributed by atoms with Gasteiger partial charge < -0.3 is 10.6 Å². The molecule has 1 amide bonds. The molecule has 6 heteroatoms. The smallest absolute Gasteiger partial charge is 0.255 e. The van der Waals surface area contributed by atoms with E-state index in [1.54, 1.807) is 4.68 Å². The topological polar surface area (TPSA) is 71.8 Å². The quantitative estimate of drug-likeness (QED) is 0.913. The van der Waals surface area contributed by atoms with E-state index < -0.39 is 0 Å². The van der Waals surface area contributed by atoms with Crippen molar-refractivity contribution in [2.75, 3.05) is 10.6 Å². The summed E-state index contributed by atoms with van der Waals surface area (Å²) in [5.41, 5.74) is 3.34. The van der Waals surface area contributed by atoms with Crippen LogP contribution in [0.4, 0.5) is 11.6 Å². The molecule has 2 aromatic rings. The Kier molecular flexibility index (Phi) is 3.66. The third-order valence-corrected chi connectivity index (χ3v) is 3.76. The molecule has 2 N–H and O–H groups in total. The van der Waals surface area contributed by atoms with E-state index in [-0.39, 0.29) is 5.91 Å². The Balaban J connectivity index is 1.82. The summed E-state index contributed by atoms with van der Waals surface area (Å²) in [6, 6.07) is 7.73. The fourth-order valence-corrected chi connectivity index (χ4v) is 2.41. The predicted octanol–water partition coefficient (Wildman–Crippen LogP) is 2.49. The number of benzene rings is 1. The Bertz CT molecular complexity index is 760.